The Labute approximate surface area is 125 Å². The Morgan fingerprint density at radius 1 is 1.50 bits per heavy atom. The van der Waals surface area contributed by atoms with Gasteiger partial charge in [0.1, 0.15) is 5.82 Å². The molecule has 2 N–H and O–H groups in total. The third kappa shape index (κ3) is 2.66. The minimum absolute atomic E-state index is 0.0807. The van der Waals surface area contributed by atoms with Crippen LogP contribution in [0.4, 0.5) is 4.39 Å². The first kappa shape index (κ1) is 13.8. The number of thiophene rings is 1. The lowest BCUT2D eigenvalue weighted by Crippen LogP contribution is -2.45. The topological polar surface area (TPSA) is 41.1 Å². The monoisotopic (exact) mass is 312 g/mol. The van der Waals surface area contributed by atoms with Gasteiger partial charge in [-0.25, -0.2) is 4.39 Å². The number of piperidine rings is 1. The van der Waals surface area contributed by atoms with Gasteiger partial charge in [-0.2, -0.15) is 0 Å². The third-order valence-electron chi connectivity index (χ3n) is 3.44. The number of amides is 1. The van der Waals surface area contributed by atoms with Crippen molar-refractivity contribution in [3.8, 4) is 0 Å². The quantitative estimate of drug-likeness (QED) is 0.894. The highest BCUT2D eigenvalue weighted by Gasteiger charge is 2.19. The van der Waals surface area contributed by atoms with Crippen molar-refractivity contribution in [1.82, 2.24) is 10.6 Å². The number of halogens is 2. The zero-order valence-electron chi connectivity index (χ0n) is 10.7. The lowest BCUT2D eigenvalue weighted by molar-refractivity contribution is 0.0935. The van der Waals surface area contributed by atoms with Gasteiger partial charge in [0.05, 0.1) is 9.90 Å². The molecule has 0 radical (unpaired) electrons. The van der Waals surface area contributed by atoms with Crippen molar-refractivity contribution in [2.45, 2.75) is 18.9 Å². The maximum absolute atomic E-state index is 13.4. The Bertz CT molecular complexity index is 652. The summed E-state index contributed by atoms with van der Waals surface area (Å²) in [5.74, 6) is -0.572. The van der Waals surface area contributed by atoms with Crippen LogP contribution in [0.2, 0.25) is 5.02 Å². The summed E-state index contributed by atoms with van der Waals surface area (Å²) in [6.45, 7) is 1.80. The maximum Gasteiger partial charge on any atom is 0.261 e. The Morgan fingerprint density at radius 3 is 3.10 bits per heavy atom. The van der Waals surface area contributed by atoms with Gasteiger partial charge in [0, 0.05) is 22.7 Å². The normalized spacial score (nSPS) is 19.2. The van der Waals surface area contributed by atoms with Crippen LogP contribution < -0.4 is 10.6 Å². The van der Waals surface area contributed by atoms with E-state index in [-0.39, 0.29) is 17.0 Å². The van der Waals surface area contributed by atoms with E-state index in [0.29, 0.717) is 10.3 Å². The predicted molar refractivity (Wildman–Crippen MR) is 80.2 cm³/mol. The van der Waals surface area contributed by atoms with Gasteiger partial charge in [-0.15, -0.1) is 11.3 Å². The van der Waals surface area contributed by atoms with E-state index in [1.807, 2.05) is 0 Å². The average molecular weight is 313 g/mol. The number of carbonyl (C=O) groups is 1. The van der Waals surface area contributed by atoms with Crippen molar-refractivity contribution in [2.75, 3.05) is 13.1 Å². The third-order valence-corrected chi connectivity index (χ3v) is 4.93. The Morgan fingerprint density at radius 2 is 2.35 bits per heavy atom. The summed E-state index contributed by atoms with van der Waals surface area (Å²) in [6.07, 6.45) is 2.05. The second-order valence-corrected chi connectivity index (χ2v) is 6.36. The molecule has 1 unspecified atom stereocenters. The second-order valence-electron chi connectivity index (χ2n) is 4.90. The zero-order chi connectivity index (χ0) is 14.1. The van der Waals surface area contributed by atoms with Crippen LogP contribution >= 0.6 is 22.9 Å². The van der Waals surface area contributed by atoms with Gasteiger partial charge in [0.25, 0.3) is 5.91 Å². The Kier molecular flexibility index (Phi) is 3.92. The summed E-state index contributed by atoms with van der Waals surface area (Å²) in [6, 6.07) is 4.80. The second kappa shape index (κ2) is 5.68. The molecule has 20 heavy (non-hydrogen) atoms. The maximum atomic E-state index is 13.4. The van der Waals surface area contributed by atoms with E-state index < -0.39 is 5.82 Å². The summed E-state index contributed by atoms with van der Waals surface area (Å²) in [5, 5.41) is 6.94. The fourth-order valence-electron chi connectivity index (χ4n) is 2.39. The smallest absolute Gasteiger partial charge is 0.261 e. The molecule has 1 aromatic heterocycles. The molecule has 0 aliphatic carbocycles. The van der Waals surface area contributed by atoms with Crippen LogP contribution in [-0.4, -0.2) is 25.0 Å². The molecule has 3 nitrogen and oxygen atoms in total. The van der Waals surface area contributed by atoms with Crippen LogP contribution in [0, 0.1) is 5.82 Å². The number of benzene rings is 1. The van der Waals surface area contributed by atoms with Crippen molar-refractivity contribution in [3.63, 3.8) is 0 Å². The molecule has 2 heterocycles. The molecule has 1 atom stereocenters. The first-order valence-corrected chi connectivity index (χ1v) is 7.74. The standard InChI is InChI=1S/C14H14ClFN2OS/c15-13-9-6-12(20-11(9)4-3-10(13)16)14(19)18-8-2-1-5-17-7-8/h3-4,6,8,17H,1-2,5,7H2,(H,18,19). The van der Waals surface area contributed by atoms with E-state index in [2.05, 4.69) is 10.6 Å². The summed E-state index contributed by atoms with van der Waals surface area (Å²) in [5.41, 5.74) is 0. The first-order valence-electron chi connectivity index (χ1n) is 6.54. The Balaban J connectivity index is 1.82. The molecule has 6 heteroatoms. The van der Waals surface area contributed by atoms with Gasteiger partial charge < -0.3 is 10.6 Å². The Hall–Kier alpha value is -1.17. The van der Waals surface area contributed by atoms with Crippen molar-refractivity contribution < 1.29 is 9.18 Å². The number of nitrogens with one attached hydrogen (secondary N) is 2. The zero-order valence-corrected chi connectivity index (χ0v) is 12.3. The van der Waals surface area contributed by atoms with Crippen molar-refractivity contribution in [2.24, 2.45) is 0 Å². The number of hydrogen-bond acceptors (Lipinski definition) is 3. The summed E-state index contributed by atoms with van der Waals surface area (Å²) < 4.78 is 14.2. The van der Waals surface area contributed by atoms with Gasteiger partial charge in [-0.1, -0.05) is 11.6 Å². The van der Waals surface area contributed by atoms with E-state index in [1.165, 1.54) is 17.4 Å². The molecule has 1 saturated heterocycles. The highest BCUT2D eigenvalue weighted by Crippen LogP contribution is 2.32. The molecule has 1 aliphatic rings. The first-order chi connectivity index (χ1) is 9.65. The minimum Gasteiger partial charge on any atom is -0.347 e. The van der Waals surface area contributed by atoms with Crippen molar-refractivity contribution in [1.29, 1.82) is 0 Å². The fourth-order valence-corrected chi connectivity index (χ4v) is 3.64. The summed E-state index contributed by atoms with van der Waals surface area (Å²) >= 11 is 7.26. The summed E-state index contributed by atoms with van der Waals surface area (Å²) in [4.78, 5) is 12.8. The van der Waals surface area contributed by atoms with Gasteiger partial charge in [0.15, 0.2) is 0 Å². The van der Waals surface area contributed by atoms with Crippen LogP contribution in [0.3, 0.4) is 0 Å². The van der Waals surface area contributed by atoms with Crippen LogP contribution in [0.15, 0.2) is 18.2 Å². The molecular weight excluding hydrogens is 299 g/mol. The lowest BCUT2D eigenvalue weighted by atomic mass is 10.1. The van der Waals surface area contributed by atoms with E-state index in [0.717, 1.165) is 30.6 Å². The van der Waals surface area contributed by atoms with E-state index >= 15 is 0 Å². The van der Waals surface area contributed by atoms with Crippen molar-refractivity contribution in [3.05, 3.63) is 33.9 Å². The molecular formula is C14H14ClFN2OS. The number of fused-ring (bicyclic) bond motifs is 1. The lowest BCUT2D eigenvalue weighted by Gasteiger charge is -2.23. The molecule has 3 rings (SSSR count). The predicted octanol–water partition coefficient (Wildman–Crippen LogP) is 3.18. The van der Waals surface area contributed by atoms with Crippen LogP contribution in [0.5, 0.6) is 0 Å². The molecule has 106 valence electrons. The highest BCUT2D eigenvalue weighted by molar-refractivity contribution is 7.20. The SMILES string of the molecule is O=C(NC1CCCNC1)c1cc2c(Cl)c(F)ccc2s1. The molecule has 1 aliphatic heterocycles. The van der Waals surface area contributed by atoms with Gasteiger partial charge in [-0.3, -0.25) is 4.79 Å². The molecule has 1 fully saturated rings. The van der Waals surface area contributed by atoms with Crippen LogP contribution in [0.1, 0.15) is 22.5 Å². The molecule has 0 bridgehead atoms. The van der Waals surface area contributed by atoms with Gasteiger partial charge in [0.2, 0.25) is 0 Å². The summed E-state index contributed by atoms with van der Waals surface area (Å²) in [7, 11) is 0. The number of rotatable bonds is 2. The van der Waals surface area contributed by atoms with Gasteiger partial charge >= 0.3 is 0 Å². The minimum atomic E-state index is -0.458. The van der Waals surface area contributed by atoms with Crippen molar-refractivity contribution >= 4 is 38.9 Å². The largest absolute Gasteiger partial charge is 0.347 e. The van der Waals surface area contributed by atoms with E-state index in [1.54, 1.807) is 12.1 Å². The van der Waals surface area contributed by atoms with Crippen LogP contribution in [-0.2, 0) is 0 Å². The van der Waals surface area contributed by atoms with Crippen LogP contribution in [0.25, 0.3) is 10.1 Å². The number of carbonyl (C=O) groups excluding carboxylic acids is 1. The van der Waals surface area contributed by atoms with E-state index in [4.69, 9.17) is 11.6 Å². The van der Waals surface area contributed by atoms with E-state index in [9.17, 15) is 9.18 Å². The molecule has 2 aromatic rings. The molecule has 1 amide bonds. The number of hydrogen-bond donors (Lipinski definition) is 2. The molecule has 0 spiro atoms. The highest BCUT2D eigenvalue weighted by atomic mass is 35.5. The average Bonchev–Trinajstić information content (AvgIpc) is 2.89. The van der Waals surface area contributed by atoms with Gasteiger partial charge in [-0.05, 0) is 37.6 Å². The molecule has 1 aromatic carbocycles. The molecule has 0 saturated carbocycles. The fraction of sp³-hybridized carbons (Fsp3) is 0.357.